The Kier molecular flexibility index (Phi) is 6.56. The highest BCUT2D eigenvalue weighted by Crippen LogP contribution is 2.69. The summed E-state index contributed by atoms with van der Waals surface area (Å²) in [5.41, 5.74) is -0.460. The van der Waals surface area contributed by atoms with Crippen molar-refractivity contribution in [1.82, 2.24) is 0 Å². The molecule has 4 aliphatic carbocycles. The van der Waals surface area contributed by atoms with Crippen LogP contribution in [0.15, 0.2) is 0 Å². The Bertz CT molecular complexity index is 686. The molecule has 32 heavy (non-hydrogen) atoms. The molecule has 4 aliphatic rings. The molecule has 0 unspecified atom stereocenters. The van der Waals surface area contributed by atoms with Crippen molar-refractivity contribution in [2.45, 2.75) is 103 Å². The highest BCUT2D eigenvalue weighted by molar-refractivity contribution is 5.12. The minimum absolute atomic E-state index is 0.0436. The molecule has 0 aromatic heterocycles. The molecule has 0 aliphatic heterocycles. The molecular formula is C27H46F2O3. The first kappa shape index (κ1) is 24.9. The quantitative estimate of drug-likeness (QED) is 0.483. The molecule has 4 saturated carbocycles. The number of halogens is 2. The Morgan fingerprint density at radius 3 is 2.28 bits per heavy atom. The summed E-state index contributed by atoms with van der Waals surface area (Å²) in [6, 6.07) is 0. The van der Waals surface area contributed by atoms with E-state index < -0.39 is 18.1 Å². The smallest absolute Gasteiger partial charge is 0.270 e. The lowest BCUT2D eigenvalue weighted by atomic mass is 9.42. The molecule has 0 radical (unpaired) electrons. The molecule has 5 heteroatoms. The number of aliphatic hydroxyl groups is 3. The topological polar surface area (TPSA) is 60.7 Å². The molecule has 0 saturated heterocycles. The molecule has 0 bridgehead atoms. The van der Waals surface area contributed by atoms with Crippen LogP contribution in [0.3, 0.4) is 0 Å². The first-order valence-electron chi connectivity index (χ1n) is 13.3. The molecule has 0 amide bonds. The van der Waals surface area contributed by atoms with Crippen LogP contribution in [-0.2, 0) is 0 Å². The number of aliphatic hydroxyl groups excluding tert-OH is 2. The minimum Gasteiger partial charge on any atom is -0.396 e. The zero-order valence-corrected chi connectivity index (χ0v) is 20.6. The van der Waals surface area contributed by atoms with Crippen molar-refractivity contribution in [1.29, 1.82) is 0 Å². The van der Waals surface area contributed by atoms with Gasteiger partial charge in [-0.15, -0.1) is 0 Å². The molecule has 0 aromatic rings. The van der Waals surface area contributed by atoms with Crippen LogP contribution in [0.25, 0.3) is 0 Å². The lowest BCUT2D eigenvalue weighted by Crippen LogP contribution is -2.59. The van der Waals surface area contributed by atoms with Crippen LogP contribution in [0.4, 0.5) is 8.78 Å². The van der Waals surface area contributed by atoms with Gasteiger partial charge in [0.05, 0.1) is 5.60 Å². The van der Waals surface area contributed by atoms with E-state index in [-0.39, 0.29) is 35.7 Å². The summed E-state index contributed by atoms with van der Waals surface area (Å²) in [5.74, 6) is -0.442. The number of fused-ring (bicyclic) bond motifs is 5. The van der Waals surface area contributed by atoms with Crippen LogP contribution >= 0.6 is 0 Å². The Labute approximate surface area is 193 Å². The van der Waals surface area contributed by atoms with Crippen molar-refractivity contribution in [3.63, 3.8) is 0 Å². The zero-order chi connectivity index (χ0) is 23.5. The standard InChI is InChI=1S/C27H46F2O3/c1-5-26(32)14-18-6-7-20-22-9-8-21(17(2)12-27(28,29)16-31)24(22,3)11-10-23(20)25(18,4)13-19(26)15-30/h17-23,30-32H,5-16H2,1-4H3/t17-,18+,19-,20+,21-,22+,23+,24-,25+,26-/m1/s1. The molecule has 0 heterocycles. The van der Waals surface area contributed by atoms with Gasteiger partial charge < -0.3 is 15.3 Å². The lowest BCUT2D eigenvalue weighted by Gasteiger charge is -2.63. The number of hydrogen-bond acceptors (Lipinski definition) is 3. The highest BCUT2D eigenvalue weighted by atomic mass is 19.3. The third kappa shape index (κ3) is 3.77. The molecule has 4 rings (SSSR count). The SMILES string of the molecule is CC[C@@]1(O)C[C@@H]2CC[C@@H]3[C@H](CC[C@]4(C)[C@@H]([C@H](C)CC(F)(F)CO)CC[C@@H]34)[C@@]2(C)C[C@@H]1CO. The van der Waals surface area contributed by atoms with Gasteiger partial charge in [0.25, 0.3) is 5.92 Å². The predicted octanol–water partition coefficient (Wildman–Crippen LogP) is 5.66. The Hall–Kier alpha value is -0.260. The van der Waals surface area contributed by atoms with E-state index in [2.05, 4.69) is 13.8 Å². The van der Waals surface area contributed by atoms with Gasteiger partial charge in [0.2, 0.25) is 0 Å². The molecule has 0 aromatic carbocycles. The average molecular weight is 457 g/mol. The summed E-state index contributed by atoms with van der Waals surface area (Å²) in [7, 11) is 0. The fourth-order valence-corrected chi connectivity index (χ4v) is 9.82. The maximum absolute atomic E-state index is 14.0. The van der Waals surface area contributed by atoms with Crippen LogP contribution in [-0.4, -0.2) is 40.1 Å². The van der Waals surface area contributed by atoms with E-state index in [9.17, 15) is 19.0 Å². The van der Waals surface area contributed by atoms with E-state index in [4.69, 9.17) is 5.11 Å². The molecule has 0 spiro atoms. The first-order chi connectivity index (χ1) is 14.9. The van der Waals surface area contributed by atoms with Crippen LogP contribution < -0.4 is 0 Å². The molecular weight excluding hydrogens is 410 g/mol. The fraction of sp³-hybridized carbons (Fsp3) is 1.00. The van der Waals surface area contributed by atoms with Gasteiger partial charge in [-0.2, -0.15) is 0 Å². The lowest BCUT2D eigenvalue weighted by molar-refractivity contribution is -0.184. The van der Waals surface area contributed by atoms with Crippen molar-refractivity contribution in [3.8, 4) is 0 Å². The van der Waals surface area contributed by atoms with Gasteiger partial charge in [-0.05, 0) is 104 Å². The third-order valence-corrected chi connectivity index (χ3v) is 11.6. The van der Waals surface area contributed by atoms with Crippen LogP contribution in [0.1, 0.15) is 91.9 Å². The third-order valence-electron chi connectivity index (χ3n) is 11.6. The van der Waals surface area contributed by atoms with Gasteiger partial charge in [-0.1, -0.05) is 27.7 Å². The van der Waals surface area contributed by atoms with Crippen LogP contribution in [0, 0.1) is 52.3 Å². The molecule has 10 atom stereocenters. The Morgan fingerprint density at radius 2 is 1.66 bits per heavy atom. The van der Waals surface area contributed by atoms with E-state index in [1.54, 1.807) is 0 Å². The van der Waals surface area contributed by atoms with Crippen molar-refractivity contribution in [2.75, 3.05) is 13.2 Å². The van der Waals surface area contributed by atoms with Crippen molar-refractivity contribution in [2.24, 2.45) is 52.3 Å². The average Bonchev–Trinajstić information content (AvgIpc) is 3.11. The highest BCUT2D eigenvalue weighted by Gasteiger charge is 2.63. The molecule has 186 valence electrons. The largest absolute Gasteiger partial charge is 0.396 e. The summed E-state index contributed by atoms with van der Waals surface area (Å²) >= 11 is 0. The fourth-order valence-electron chi connectivity index (χ4n) is 9.82. The molecule has 3 nitrogen and oxygen atoms in total. The monoisotopic (exact) mass is 456 g/mol. The Morgan fingerprint density at radius 1 is 0.969 bits per heavy atom. The van der Waals surface area contributed by atoms with Crippen LogP contribution in [0.2, 0.25) is 0 Å². The van der Waals surface area contributed by atoms with E-state index >= 15 is 0 Å². The summed E-state index contributed by atoms with van der Waals surface area (Å²) in [6.45, 7) is 7.84. The zero-order valence-electron chi connectivity index (χ0n) is 20.6. The van der Waals surface area contributed by atoms with Gasteiger partial charge in [-0.3, -0.25) is 0 Å². The maximum Gasteiger partial charge on any atom is 0.270 e. The second-order valence-electron chi connectivity index (χ2n) is 12.8. The minimum atomic E-state index is -2.98. The second kappa shape index (κ2) is 8.45. The van der Waals surface area contributed by atoms with Gasteiger partial charge in [0.1, 0.15) is 6.61 Å². The van der Waals surface area contributed by atoms with E-state index in [0.29, 0.717) is 36.0 Å². The van der Waals surface area contributed by atoms with Crippen molar-refractivity contribution >= 4 is 0 Å². The second-order valence-corrected chi connectivity index (χ2v) is 12.8. The summed E-state index contributed by atoms with van der Waals surface area (Å²) < 4.78 is 28.0. The molecule has 3 N–H and O–H groups in total. The maximum atomic E-state index is 14.0. The van der Waals surface area contributed by atoms with E-state index in [0.717, 1.165) is 44.9 Å². The summed E-state index contributed by atoms with van der Waals surface area (Å²) in [4.78, 5) is 0. The van der Waals surface area contributed by atoms with E-state index in [1.165, 1.54) is 6.42 Å². The predicted molar refractivity (Wildman–Crippen MR) is 122 cm³/mol. The summed E-state index contributed by atoms with van der Waals surface area (Å²) in [5, 5.41) is 30.5. The summed E-state index contributed by atoms with van der Waals surface area (Å²) in [6.07, 6.45) is 8.97. The van der Waals surface area contributed by atoms with E-state index in [1.807, 2.05) is 13.8 Å². The van der Waals surface area contributed by atoms with Gasteiger partial charge >= 0.3 is 0 Å². The Balaban J connectivity index is 1.55. The first-order valence-corrected chi connectivity index (χ1v) is 13.3. The number of rotatable bonds is 6. The normalized spacial score (nSPS) is 49.8. The van der Waals surface area contributed by atoms with Crippen molar-refractivity contribution in [3.05, 3.63) is 0 Å². The van der Waals surface area contributed by atoms with Gasteiger partial charge in [-0.25, -0.2) is 8.78 Å². The molecule has 4 fully saturated rings. The van der Waals surface area contributed by atoms with Gasteiger partial charge in [0, 0.05) is 18.9 Å². The van der Waals surface area contributed by atoms with Crippen LogP contribution in [0.5, 0.6) is 0 Å². The number of alkyl halides is 2. The number of hydrogen-bond donors (Lipinski definition) is 3. The van der Waals surface area contributed by atoms with Crippen molar-refractivity contribution < 1.29 is 24.1 Å². The van der Waals surface area contributed by atoms with Gasteiger partial charge in [0.15, 0.2) is 0 Å².